The van der Waals surface area contributed by atoms with Crippen molar-refractivity contribution in [3.63, 3.8) is 0 Å². The van der Waals surface area contributed by atoms with Crippen LogP contribution in [-0.2, 0) is 24.2 Å². The molecule has 2 aromatic rings. The topological polar surface area (TPSA) is 64.9 Å². The largest absolute Gasteiger partial charge is 0.383 e. The molecular weight excluding hydrogens is 370 g/mol. The van der Waals surface area contributed by atoms with Gasteiger partial charge >= 0.3 is 0 Å². The van der Waals surface area contributed by atoms with Crippen LogP contribution in [0.3, 0.4) is 0 Å². The number of carbonyl (C=O) groups is 1. The number of benzene rings is 2. The van der Waals surface area contributed by atoms with Crippen LogP contribution in [0, 0.1) is 11.3 Å². The van der Waals surface area contributed by atoms with Crippen LogP contribution < -0.4 is 10.6 Å². The number of nitrogens with one attached hydrogen (secondary N) is 2. The summed E-state index contributed by atoms with van der Waals surface area (Å²) in [4.78, 5) is 12.3. The summed E-state index contributed by atoms with van der Waals surface area (Å²) >= 11 is 5.86. The zero-order valence-corrected chi connectivity index (χ0v) is 16.7. The molecule has 0 saturated heterocycles. The number of carbonyl (C=O) groups excluding carboxylic acids is 1. The quantitative estimate of drug-likeness (QED) is 0.557. The fraction of sp³-hybridized carbons (Fsp3) is 0.304. The second kappa shape index (κ2) is 9.43. The van der Waals surface area contributed by atoms with Gasteiger partial charge in [-0.25, -0.2) is 0 Å². The maximum Gasteiger partial charge on any atom is 0.263 e. The van der Waals surface area contributed by atoms with E-state index < -0.39 is 5.91 Å². The first-order chi connectivity index (χ1) is 13.6. The van der Waals surface area contributed by atoms with Crippen LogP contribution in [0.1, 0.15) is 48.1 Å². The molecule has 3 rings (SSSR count). The van der Waals surface area contributed by atoms with Crippen LogP contribution in [0.25, 0.3) is 0 Å². The molecule has 1 amide bonds. The van der Waals surface area contributed by atoms with E-state index >= 15 is 0 Å². The maximum absolute atomic E-state index is 12.3. The molecule has 4 nitrogen and oxygen atoms in total. The van der Waals surface area contributed by atoms with E-state index in [4.69, 9.17) is 11.6 Å². The van der Waals surface area contributed by atoms with Crippen LogP contribution in [-0.4, -0.2) is 5.91 Å². The first-order valence-corrected chi connectivity index (χ1v) is 9.95. The summed E-state index contributed by atoms with van der Waals surface area (Å²) in [6.07, 6.45) is 6.29. The number of fused-ring (bicyclic) bond motifs is 1. The van der Waals surface area contributed by atoms with E-state index in [0.717, 1.165) is 24.0 Å². The molecular formula is C23H24ClN3O. The first-order valence-electron chi connectivity index (χ1n) is 9.57. The van der Waals surface area contributed by atoms with E-state index in [2.05, 4.69) is 28.8 Å². The van der Waals surface area contributed by atoms with E-state index in [9.17, 15) is 10.1 Å². The molecule has 0 heterocycles. The van der Waals surface area contributed by atoms with Crippen LogP contribution in [0.2, 0.25) is 5.02 Å². The lowest BCUT2D eigenvalue weighted by atomic mass is 9.89. The van der Waals surface area contributed by atoms with Crippen molar-refractivity contribution in [1.29, 1.82) is 5.26 Å². The van der Waals surface area contributed by atoms with Crippen molar-refractivity contribution in [3.8, 4) is 6.07 Å². The summed E-state index contributed by atoms with van der Waals surface area (Å²) in [6.45, 7) is 2.37. The average Bonchev–Trinajstić information content (AvgIpc) is 2.73. The number of hydrogen-bond donors (Lipinski definition) is 2. The van der Waals surface area contributed by atoms with Gasteiger partial charge < -0.3 is 10.6 Å². The zero-order chi connectivity index (χ0) is 19.9. The van der Waals surface area contributed by atoms with Gasteiger partial charge in [-0.1, -0.05) is 41.9 Å². The Morgan fingerprint density at radius 3 is 2.61 bits per heavy atom. The fourth-order valence-corrected chi connectivity index (χ4v) is 3.48. The Labute approximate surface area is 171 Å². The van der Waals surface area contributed by atoms with Crippen molar-refractivity contribution in [2.24, 2.45) is 0 Å². The van der Waals surface area contributed by atoms with E-state index in [-0.39, 0.29) is 11.6 Å². The third kappa shape index (κ3) is 5.15. The van der Waals surface area contributed by atoms with Crippen molar-refractivity contribution in [2.45, 2.75) is 45.2 Å². The molecule has 0 fully saturated rings. The van der Waals surface area contributed by atoms with Gasteiger partial charge in [0.05, 0.1) is 0 Å². The number of nitrogens with zero attached hydrogens (tertiary/aromatic N) is 1. The predicted octanol–water partition coefficient (Wildman–Crippen LogP) is 4.59. The van der Waals surface area contributed by atoms with Gasteiger partial charge in [-0.05, 0) is 67.0 Å². The number of halogens is 1. The highest BCUT2D eigenvalue weighted by Crippen LogP contribution is 2.24. The highest BCUT2D eigenvalue weighted by atomic mass is 35.5. The lowest BCUT2D eigenvalue weighted by Crippen LogP contribution is -2.25. The summed E-state index contributed by atoms with van der Waals surface area (Å²) < 4.78 is 0. The highest BCUT2D eigenvalue weighted by Gasteiger charge is 2.13. The number of hydrogen-bond acceptors (Lipinski definition) is 3. The second-order valence-electron chi connectivity index (χ2n) is 7.10. The van der Waals surface area contributed by atoms with Gasteiger partial charge in [0.25, 0.3) is 5.91 Å². The van der Waals surface area contributed by atoms with Crippen molar-refractivity contribution in [3.05, 3.63) is 81.5 Å². The molecule has 0 spiro atoms. The smallest absolute Gasteiger partial charge is 0.263 e. The lowest BCUT2D eigenvalue weighted by molar-refractivity contribution is -0.117. The van der Waals surface area contributed by atoms with Gasteiger partial charge in [0, 0.05) is 23.8 Å². The molecule has 0 bridgehead atoms. The van der Waals surface area contributed by atoms with E-state index in [1.165, 1.54) is 30.2 Å². The first kappa shape index (κ1) is 20.0. The Bertz CT molecular complexity index is 912. The lowest BCUT2D eigenvalue weighted by Gasteiger charge is -2.19. The zero-order valence-electron chi connectivity index (χ0n) is 16.0. The normalized spacial score (nSPS) is 14.5. The number of amides is 1. The molecule has 0 radical (unpaired) electrons. The average molecular weight is 394 g/mol. The summed E-state index contributed by atoms with van der Waals surface area (Å²) in [7, 11) is 0. The third-order valence-corrected chi connectivity index (χ3v) is 5.33. The Balaban J connectivity index is 1.59. The molecule has 0 saturated carbocycles. The number of nitriles is 1. The summed E-state index contributed by atoms with van der Waals surface area (Å²) in [6, 6.07) is 15.8. The Kier molecular flexibility index (Phi) is 6.73. The van der Waals surface area contributed by atoms with Gasteiger partial charge in [0.1, 0.15) is 11.6 Å². The van der Waals surface area contributed by atoms with E-state index in [0.29, 0.717) is 11.6 Å². The van der Waals surface area contributed by atoms with Crippen LogP contribution in [0.15, 0.2) is 54.2 Å². The van der Waals surface area contributed by atoms with Crippen molar-refractivity contribution < 1.29 is 4.79 Å². The Morgan fingerprint density at radius 1 is 1.18 bits per heavy atom. The minimum absolute atomic E-state index is 0.0136. The molecule has 1 aliphatic carbocycles. The molecule has 1 aliphatic rings. The molecule has 2 aromatic carbocycles. The van der Waals surface area contributed by atoms with Crippen LogP contribution in [0.4, 0.5) is 0 Å². The maximum atomic E-state index is 12.3. The summed E-state index contributed by atoms with van der Waals surface area (Å²) in [5.74, 6) is -0.400. The monoisotopic (exact) mass is 393 g/mol. The predicted molar refractivity (Wildman–Crippen MR) is 112 cm³/mol. The fourth-order valence-electron chi connectivity index (χ4n) is 3.36. The van der Waals surface area contributed by atoms with Gasteiger partial charge in [0.15, 0.2) is 0 Å². The van der Waals surface area contributed by atoms with Gasteiger partial charge in [-0.3, -0.25) is 4.79 Å². The highest BCUT2D eigenvalue weighted by molar-refractivity contribution is 6.30. The number of rotatable bonds is 6. The molecule has 0 aromatic heterocycles. The molecule has 144 valence electrons. The van der Waals surface area contributed by atoms with Gasteiger partial charge in [-0.2, -0.15) is 5.26 Å². The van der Waals surface area contributed by atoms with Gasteiger partial charge in [-0.15, -0.1) is 0 Å². The Hall–Kier alpha value is -2.77. The van der Waals surface area contributed by atoms with Crippen LogP contribution >= 0.6 is 11.6 Å². The van der Waals surface area contributed by atoms with Crippen molar-refractivity contribution >= 4 is 17.5 Å². The standard InChI is InChI=1S/C23H24ClN3O/c1-16(19-9-8-18-4-2-3-5-20(18)12-19)26-15-21(13-25)23(28)27-14-17-6-10-22(24)11-7-17/h6-12,15-16,26H,2-5,14H2,1H3,(H,27,28)/b21-15-. The third-order valence-electron chi connectivity index (χ3n) is 5.08. The SMILES string of the molecule is CC(N/C=C(/C#N)C(=O)NCc1ccc(Cl)cc1)c1ccc2c(c1)CCCC2. The van der Waals surface area contributed by atoms with E-state index in [1.54, 1.807) is 12.1 Å². The van der Waals surface area contributed by atoms with Crippen LogP contribution in [0.5, 0.6) is 0 Å². The second-order valence-corrected chi connectivity index (χ2v) is 7.54. The minimum Gasteiger partial charge on any atom is -0.383 e. The summed E-state index contributed by atoms with van der Waals surface area (Å²) in [5, 5.41) is 15.9. The molecule has 1 unspecified atom stereocenters. The number of aryl methyl sites for hydroxylation is 2. The molecule has 1 atom stereocenters. The molecule has 0 aliphatic heterocycles. The van der Waals surface area contributed by atoms with Gasteiger partial charge in [0.2, 0.25) is 0 Å². The molecule has 5 heteroatoms. The van der Waals surface area contributed by atoms with E-state index in [1.807, 2.05) is 25.1 Å². The molecule has 2 N–H and O–H groups in total. The van der Waals surface area contributed by atoms with Crippen molar-refractivity contribution in [2.75, 3.05) is 0 Å². The van der Waals surface area contributed by atoms with Crippen molar-refractivity contribution in [1.82, 2.24) is 10.6 Å². The Morgan fingerprint density at radius 2 is 1.89 bits per heavy atom. The summed E-state index contributed by atoms with van der Waals surface area (Å²) in [5.41, 5.74) is 5.00. The molecule has 28 heavy (non-hydrogen) atoms. The minimum atomic E-state index is -0.400.